The van der Waals surface area contributed by atoms with Crippen molar-refractivity contribution in [2.75, 3.05) is 6.26 Å². The monoisotopic (exact) mass is 313 g/mol. The summed E-state index contributed by atoms with van der Waals surface area (Å²) < 4.78 is 38.3. The van der Waals surface area contributed by atoms with E-state index in [1.165, 1.54) is 12.1 Å². The van der Waals surface area contributed by atoms with Gasteiger partial charge in [-0.15, -0.1) is 0 Å². The lowest BCUT2D eigenvalue weighted by atomic mass is 9.94. The fourth-order valence-corrected chi connectivity index (χ4v) is 3.38. The molecule has 116 valence electrons. The maximum absolute atomic E-state index is 14.5. The zero-order chi connectivity index (χ0) is 16.2. The summed E-state index contributed by atoms with van der Waals surface area (Å²) in [6.45, 7) is 6.94. The van der Waals surface area contributed by atoms with Crippen LogP contribution in [0.1, 0.15) is 54.9 Å². The van der Waals surface area contributed by atoms with Crippen LogP contribution in [0.15, 0.2) is 22.0 Å². The summed E-state index contributed by atoms with van der Waals surface area (Å²) in [5, 5.41) is 0. The van der Waals surface area contributed by atoms with E-state index in [0.29, 0.717) is 5.56 Å². The number of benzene rings is 1. The molecule has 0 radical (unpaired) electrons. The highest BCUT2D eigenvalue weighted by Gasteiger charge is 2.26. The highest BCUT2D eigenvalue weighted by molar-refractivity contribution is 7.90. The van der Waals surface area contributed by atoms with Crippen LogP contribution in [0.3, 0.4) is 0 Å². The predicted octanol–water partition coefficient (Wildman–Crippen LogP) is 3.36. The lowest BCUT2D eigenvalue weighted by Gasteiger charge is -2.17. The van der Waals surface area contributed by atoms with Crippen molar-refractivity contribution in [3.8, 4) is 0 Å². The standard InChI is InChI=1S/C15H20FNO3S/c1-5-6-7-10(2)11-8-9-12(15(18)17-3)13(16)14(11)21(4,19)20/h8-10H,3,5-7H2,1-2,4H3. The van der Waals surface area contributed by atoms with Crippen LogP contribution < -0.4 is 0 Å². The number of carbonyl (C=O) groups excluding carboxylic acids is 1. The molecule has 0 aromatic heterocycles. The second-order valence-electron chi connectivity index (χ2n) is 5.12. The van der Waals surface area contributed by atoms with Crippen molar-refractivity contribution in [1.29, 1.82) is 0 Å². The van der Waals surface area contributed by atoms with E-state index in [-0.39, 0.29) is 11.5 Å². The van der Waals surface area contributed by atoms with Gasteiger partial charge in [0.1, 0.15) is 4.90 Å². The van der Waals surface area contributed by atoms with Crippen molar-refractivity contribution in [3.05, 3.63) is 29.1 Å². The second-order valence-corrected chi connectivity index (χ2v) is 7.08. The van der Waals surface area contributed by atoms with Gasteiger partial charge >= 0.3 is 0 Å². The molecule has 0 aliphatic carbocycles. The first-order chi connectivity index (χ1) is 9.73. The quantitative estimate of drug-likeness (QED) is 0.756. The lowest BCUT2D eigenvalue weighted by molar-refractivity contribution is 0.0999. The number of unbranched alkanes of at least 4 members (excludes halogenated alkanes) is 1. The van der Waals surface area contributed by atoms with E-state index in [2.05, 4.69) is 11.7 Å². The Labute approximate surface area is 125 Å². The zero-order valence-electron chi connectivity index (χ0n) is 12.5. The van der Waals surface area contributed by atoms with E-state index in [0.717, 1.165) is 25.5 Å². The molecule has 0 heterocycles. The van der Waals surface area contributed by atoms with Gasteiger partial charge in [0.25, 0.3) is 5.91 Å². The summed E-state index contributed by atoms with van der Waals surface area (Å²) in [6, 6.07) is 2.77. The Morgan fingerprint density at radius 2 is 2.05 bits per heavy atom. The van der Waals surface area contributed by atoms with Crippen LogP contribution >= 0.6 is 0 Å². The molecule has 0 spiro atoms. The van der Waals surface area contributed by atoms with Gasteiger partial charge in [0.05, 0.1) is 5.56 Å². The number of carbonyl (C=O) groups is 1. The molecule has 1 aromatic carbocycles. The van der Waals surface area contributed by atoms with Crippen molar-refractivity contribution < 1.29 is 17.6 Å². The predicted molar refractivity (Wildman–Crippen MR) is 81.3 cm³/mol. The molecule has 0 bridgehead atoms. The normalized spacial score (nSPS) is 13.0. The Hall–Kier alpha value is -1.56. The summed E-state index contributed by atoms with van der Waals surface area (Å²) in [7, 11) is -3.79. The van der Waals surface area contributed by atoms with Gasteiger partial charge in [0.15, 0.2) is 15.7 Å². The summed E-state index contributed by atoms with van der Waals surface area (Å²) in [6.07, 6.45) is 3.58. The van der Waals surface area contributed by atoms with Crippen LogP contribution in [0.5, 0.6) is 0 Å². The van der Waals surface area contributed by atoms with Crippen LogP contribution in [-0.4, -0.2) is 27.3 Å². The average Bonchev–Trinajstić information content (AvgIpc) is 2.42. The number of nitrogens with zero attached hydrogens (tertiary/aromatic N) is 1. The largest absolute Gasteiger partial charge is 0.279 e. The molecule has 0 saturated heterocycles. The number of aliphatic imine (C=N–C) groups is 1. The van der Waals surface area contributed by atoms with Crippen LogP contribution in [0.25, 0.3) is 0 Å². The summed E-state index contributed by atoms with van der Waals surface area (Å²) >= 11 is 0. The van der Waals surface area contributed by atoms with Gasteiger partial charge in [-0.3, -0.25) is 4.79 Å². The molecule has 0 fully saturated rings. The summed E-state index contributed by atoms with van der Waals surface area (Å²) in [5.41, 5.74) is 0.0425. The minimum absolute atomic E-state index is 0.106. The lowest BCUT2D eigenvalue weighted by Crippen LogP contribution is -2.12. The van der Waals surface area contributed by atoms with Gasteiger partial charge < -0.3 is 0 Å². The van der Waals surface area contributed by atoms with Gasteiger partial charge in [0, 0.05) is 6.26 Å². The van der Waals surface area contributed by atoms with Crippen LogP contribution in [0.2, 0.25) is 0 Å². The van der Waals surface area contributed by atoms with Crippen LogP contribution in [0, 0.1) is 5.82 Å². The van der Waals surface area contributed by atoms with Gasteiger partial charge in [0.2, 0.25) is 0 Å². The average molecular weight is 313 g/mol. The zero-order valence-corrected chi connectivity index (χ0v) is 13.3. The third-order valence-corrected chi connectivity index (χ3v) is 4.55. The van der Waals surface area contributed by atoms with Gasteiger partial charge in [-0.1, -0.05) is 32.8 Å². The third-order valence-electron chi connectivity index (χ3n) is 3.39. The number of sulfone groups is 1. The van der Waals surface area contributed by atoms with Crippen molar-refractivity contribution in [3.63, 3.8) is 0 Å². The molecule has 4 nitrogen and oxygen atoms in total. The van der Waals surface area contributed by atoms with Gasteiger partial charge in [-0.25, -0.2) is 17.8 Å². The maximum Gasteiger partial charge on any atom is 0.279 e. The fraction of sp³-hybridized carbons (Fsp3) is 0.467. The van der Waals surface area contributed by atoms with E-state index < -0.39 is 26.5 Å². The molecule has 1 unspecified atom stereocenters. The second kappa shape index (κ2) is 6.93. The molecule has 21 heavy (non-hydrogen) atoms. The van der Waals surface area contributed by atoms with Crippen molar-refractivity contribution in [2.24, 2.45) is 4.99 Å². The smallest absolute Gasteiger partial charge is 0.267 e. The minimum atomic E-state index is -3.79. The van der Waals surface area contributed by atoms with Crippen molar-refractivity contribution in [2.45, 2.75) is 43.9 Å². The van der Waals surface area contributed by atoms with E-state index >= 15 is 0 Å². The van der Waals surface area contributed by atoms with E-state index in [1.54, 1.807) is 0 Å². The Bertz CT molecular complexity index is 653. The Morgan fingerprint density at radius 1 is 1.43 bits per heavy atom. The Balaban J connectivity index is 3.50. The number of amides is 1. The molecule has 1 amide bonds. The minimum Gasteiger partial charge on any atom is -0.267 e. The molecule has 0 saturated carbocycles. The summed E-state index contributed by atoms with van der Waals surface area (Å²) in [5.74, 6) is -2.01. The number of hydrogen-bond donors (Lipinski definition) is 0. The Morgan fingerprint density at radius 3 is 2.52 bits per heavy atom. The molecule has 1 rings (SSSR count). The molecule has 1 atom stereocenters. The van der Waals surface area contributed by atoms with Crippen molar-refractivity contribution in [1.82, 2.24) is 0 Å². The first-order valence-electron chi connectivity index (χ1n) is 6.77. The maximum atomic E-state index is 14.5. The molecule has 0 N–H and O–H groups in total. The first kappa shape index (κ1) is 17.5. The number of hydrogen-bond acceptors (Lipinski definition) is 3. The molecule has 0 aliphatic rings. The third kappa shape index (κ3) is 3.97. The van der Waals surface area contributed by atoms with Gasteiger partial charge in [-0.2, -0.15) is 0 Å². The molecule has 6 heteroatoms. The molecular weight excluding hydrogens is 293 g/mol. The van der Waals surface area contributed by atoms with Crippen LogP contribution in [0.4, 0.5) is 4.39 Å². The summed E-state index contributed by atoms with van der Waals surface area (Å²) in [4.78, 5) is 14.2. The van der Waals surface area contributed by atoms with E-state index in [4.69, 9.17) is 0 Å². The topological polar surface area (TPSA) is 63.6 Å². The highest BCUT2D eigenvalue weighted by atomic mass is 32.2. The Kier molecular flexibility index (Phi) is 5.78. The van der Waals surface area contributed by atoms with E-state index in [9.17, 15) is 17.6 Å². The van der Waals surface area contributed by atoms with E-state index in [1.807, 2.05) is 13.8 Å². The first-order valence-corrected chi connectivity index (χ1v) is 8.66. The van der Waals surface area contributed by atoms with Crippen molar-refractivity contribution >= 4 is 22.5 Å². The highest BCUT2D eigenvalue weighted by Crippen LogP contribution is 2.31. The molecule has 1 aromatic rings. The van der Waals surface area contributed by atoms with Crippen LogP contribution in [-0.2, 0) is 9.84 Å². The molecular formula is C15H20FNO3S. The SMILES string of the molecule is C=NC(=O)c1ccc(C(C)CCCC)c(S(C)(=O)=O)c1F. The fourth-order valence-electron chi connectivity index (χ4n) is 2.25. The number of halogens is 1. The molecule has 0 aliphatic heterocycles. The van der Waals surface area contributed by atoms with Gasteiger partial charge in [-0.05, 0) is 30.7 Å². The number of rotatable bonds is 6.